The van der Waals surface area contributed by atoms with Gasteiger partial charge in [-0.25, -0.2) is 0 Å². The molecule has 0 aromatic carbocycles. The molecular weight excluding hydrogens is 229 g/mol. The second-order valence-electron chi connectivity index (χ2n) is 2.14. The molecule has 0 amide bonds. The van der Waals surface area contributed by atoms with Crippen LogP contribution in [0.5, 0.6) is 0 Å². The van der Waals surface area contributed by atoms with Gasteiger partial charge in [0, 0.05) is 7.11 Å². The molecule has 0 aliphatic carbocycles. The van der Waals surface area contributed by atoms with Gasteiger partial charge in [0.05, 0.1) is 7.11 Å². The molecule has 14 heavy (non-hydrogen) atoms. The Balaban J connectivity index is 5.24. The van der Waals surface area contributed by atoms with Crippen molar-refractivity contribution >= 4 is 16.2 Å². The van der Waals surface area contributed by atoms with Crippen molar-refractivity contribution in [3.8, 4) is 0 Å². The van der Waals surface area contributed by atoms with Crippen molar-refractivity contribution in [2.24, 2.45) is 0 Å². The smallest absolute Gasteiger partial charge is 0.385 e. The van der Waals surface area contributed by atoms with Crippen LogP contribution in [0.15, 0.2) is 0 Å². The Kier molecular flexibility index (Phi) is 3.89. The first-order valence-corrected chi connectivity index (χ1v) is 4.55. The molecule has 0 radical (unpaired) electrons. The fourth-order valence-electron chi connectivity index (χ4n) is 0.630. The van der Waals surface area contributed by atoms with Crippen LogP contribution >= 0.6 is 0 Å². The highest BCUT2D eigenvalue weighted by Gasteiger charge is 2.55. The first kappa shape index (κ1) is 13.2. The van der Waals surface area contributed by atoms with E-state index in [-0.39, 0.29) is 0 Å². The summed E-state index contributed by atoms with van der Waals surface area (Å²) in [6.07, 6.45) is -4.47. The zero-order valence-electron chi connectivity index (χ0n) is 7.16. The number of ether oxygens (including phenoxy) is 2. The molecule has 0 aromatic rings. The summed E-state index contributed by atoms with van der Waals surface area (Å²) in [6.45, 7) is 0. The normalized spacial score (nSPS) is 14.9. The zero-order valence-corrected chi connectivity index (χ0v) is 7.98. The molecule has 0 saturated heterocycles. The van der Waals surface area contributed by atoms with Gasteiger partial charge in [0.1, 0.15) is 0 Å². The zero-order chi connectivity index (χ0) is 11.6. The van der Waals surface area contributed by atoms with Crippen LogP contribution in [-0.2, 0) is 24.5 Å². The molecule has 5 nitrogen and oxygen atoms in total. The summed E-state index contributed by atoms with van der Waals surface area (Å²) >= 11 is 0. The van der Waals surface area contributed by atoms with Crippen LogP contribution in [0.1, 0.15) is 0 Å². The van der Waals surface area contributed by atoms with E-state index in [0.717, 1.165) is 0 Å². The lowest BCUT2D eigenvalue weighted by atomic mass is 10.4. The van der Waals surface area contributed by atoms with Crippen LogP contribution in [0.4, 0.5) is 12.7 Å². The maximum absolute atomic E-state index is 12.6. The van der Waals surface area contributed by atoms with E-state index >= 15 is 0 Å². The van der Waals surface area contributed by atoms with E-state index in [2.05, 4.69) is 9.47 Å². The lowest BCUT2D eigenvalue weighted by Crippen LogP contribution is -2.46. The summed E-state index contributed by atoms with van der Waals surface area (Å²) in [7, 11) is -4.72. The van der Waals surface area contributed by atoms with Crippen molar-refractivity contribution in [3.05, 3.63) is 0 Å². The summed E-state index contributed by atoms with van der Waals surface area (Å²) < 4.78 is 65.0. The van der Waals surface area contributed by atoms with Crippen LogP contribution in [-0.4, -0.2) is 40.0 Å². The Morgan fingerprint density at radius 1 is 1.36 bits per heavy atom. The first-order valence-electron chi connectivity index (χ1n) is 3.11. The second-order valence-corrected chi connectivity index (χ2v) is 3.57. The van der Waals surface area contributed by atoms with Crippen molar-refractivity contribution in [2.45, 2.75) is 11.4 Å². The van der Waals surface area contributed by atoms with Gasteiger partial charge in [-0.15, -0.1) is 3.89 Å². The average molecular weight is 236 g/mol. The molecular formula is C5H7F3O5S. The van der Waals surface area contributed by atoms with E-state index in [0.29, 0.717) is 14.2 Å². The standard InChI is InChI=1S/C5H7F3O5S/c1-12-4(9)3(14(8,10)11)5(6,7)13-2/h3H,1-2H3. The number of alkyl halides is 2. The Hall–Kier alpha value is -0.830. The molecule has 1 atom stereocenters. The fraction of sp³-hybridized carbons (Fsp3) is 0.800. The minimum absolute atomic E-state index is 0.432. The van der Waals surface area contributed by atoms with E-state index < -0.39 is 27.6 Å². The molecule has 0 aliphatic heterocycles. The third kappa shape index (κ3) is 2.84. The minimum Gasteiger partial charge on any atom is -0.468 e. The SMILES string of the molecule is COC(=O)C(C(F)(F)OC)S(=O)(=O)F. The topological polar surface area (TPSA) is 69.7 Å². The maximum Gasteiger partial charge on any atom is 0.385 e. The van der Waals surface area contributed by atoms with Crippen molar-refractivity contribution in [1.82, 2.24) is 0 Å². The Bertz CT molecular complexity index is 311. The summed E-state index contributed by atoms with van der Waals surface area (Å²) in [6, 6.07) is 0. The predicted molar refractivity (Wildman–Crippen MR) is 37.8 cm³/mol. The monoisotopic (exact) mass is 236 g/mol. The Labute approximate surface area is 78.0 Å². The average Bonchev–Trinajstić information content (AvgIpc) is 2.01. The highest BCUT2D eigenvalue weighted by atomic mass is 32.3. The van der Waals surface area contributed by atoms with E-state index in [1.165, 1.54) is 0 Å². The summed E-state index contributed by atoms with van der Waals surface area (Å²) in [5, 5.41) is -3.30. The number of rotatable bonds is 4. The van der Waals surface area contributed by atoms with Crippen molar-refractivity contribution in [2.75, 3.05) is 14.2 Å². The van der Waals surface area contributed by atoms with Gasteiger partial charge in [-0.05, 0) is 0 Å². The molecule has 0 fully saturated rings. The molecule has 0 saturated carbocycles. The number of carbonyl (C=O) groups excluding carboxylic acids is 1. The molecule has 1 unspecified atom stereocenters. The van der Waals surface area contributed by atoms with Crippen LogP contribution < -0.4 is 0 Å². The molecule has 0 N–H and O–H groups in total. The highest BCUT2D eigenvalue weighted by molar-refractivity contribution is 7.87. The third-order valence-electron chi connectivity index (χ3n) is 1.27. The van der Waals surface area contributed by atoms with Crippen molar-refractivity contribution in [3.63, 3.8) is 0 Å². The first-order chi connectivity index (χ1) is 6.16. The largest absolute Gasteiger partial charge is 0.468 e. The van der Waals surface area contributed by atoms with Crippen LogP contribution in [0.25, 0.3) is 0 Å². The molecule has 84 valence electrons. The van der Waals surface area contributed by atoms with Crippen molar-refractivity contribution < 1.29 is 35.4 Å². The fourth-order valence-corrected chi connectivity index (χ4v) is 1.38. The molecule has 0 rings (SSSR count). The molecule has 0 aliphatic rings. The lowest BCUT2D eigenvalue weighted by Gasteiger charge is -2.19. The van der Waals surface area contributed by atoms with Gasteiger partial charge < -0.3 is 9.47 Å². The van der Waals surface area contributed by atoms with Crippen LogP contribution in [0.3, 0.4) is 0 Å². The van der Waals surface area contributed by atoms with Gasteiger partial charge in [-0.1, -0.05) is 0 Å². The lowest BCUT2D eigenvalue weighted by molar-refractivity contribution is -0.225. The molecule has 0 aromatic heterocycles. The number of halogens is 3. The summed E-state index contributed by atoms with van der Waals surface area (Å²) in [4.78, 5) is 10.6. The van der Waals surface area contributed by atoms with E-state index in [1.54, 1.807) is 0 Å². The minimum atomic E-state index is -5.80. The number of hydrogen-bond acceptors (Lipinski definition) is 5. The summed E-state index contributed by atoms with van der Waals surface area (Å²) in [5.74, 6) is -1.93. The van der Waals surface area contributed by atoms with E-state index in [9.17, 15) is 25.9 Å². The predicted octanol–water partition coefficient (Wildman–Crippen LogP) is 0.0665. The molecule has 0 heterocycles. The van der Waals surface area contributed by atoms with Gasteiger partial charge in [0.25, 0.3) is 5.25 Å². The molecule has 9 heteroatoms. The summed E-state index contributed by atoms with van der Waals surface area (Å²) in [5.41, 5.74) is 0. The van der Waals surface area contributed by atoms with Gasteiger partial charge >= 0.3 is 22.3 Å². The van der Waals surface area contributed by atoms with Crippen LogP contribution in [0.2, 0.25) is 0 Å². The van der Waals surface area contributed by atoms with Crippen LogP contribution in [0, 0.1) is 0 Å². The van der Waals surface area contributed by atoms with E-state index in [1.807, 2.05) is 0 Å². The quantitative estimate of drug-likeness (QED) is 0.510. The molecule has 0 spiro atoms. The van der Waals surface area contributed by atoms with Gasteiger partial charge in [-0.3, -0.25) is 4.79 Å². The second kappa shape index (κ2) is 4.13. The van der Waals surface area contributed by atoms with Gasteiger partial charge in [-0.2, -0.15) is 17.2 Å². The number of hydrogen-bond donors (Lipinski definition) is 0. The van der Waals surface area contributed by atoms with Gasteiger partial charge in [0.2, 0.25) is 0 Å². The maximum atomic E-state index is 12.6. The van der Waals surface area contributed by atoms with Crippen molar-refractivity contribution in [1.29, 1.82) is 0 Å². The molecule has 0 bridgehead atoms. The van der Waals surface area contributed by atoms with Gasteiger partial charge in [0.15, 0.2) is 0 Å². The Morgan fingerprint density at radius 3 is 2.00 bits per heavy atom. The highest BCUT2D eigenvalue weighted by Crippen LogP contribution is 2.27. The van der Waals surface area contributed by atoms with E-state index in [4.69, 9.17) is 0 Å². The Morgan fingerprint density at radius 2 is 1.79 bits per heavy atom. The number of carbonyl (C=O) groups is 1. The number of methoxy groups -OCH3 is 2. The number of esters is 1. The third-order valence-corrected chi connectivity index (χ3v) is 2.30.